The Kier molecular flexibility index (Phi) is 8.44. The second-order valence-electron chi connectivity index (χ2n) is 11.3. The van der Waals surface area contributed by atoms with Gasteiger partial charge in [-0.05, 0) is 19.2 Å². The van der Waals surface area contributed by atoms with E-state index in [1.165, 1.54) is 0 Å². The summed E-state index contributed by atoms with van der Waals surface area (Å²) < 4.78 is 7.51. The van der Waals surface area contributed by atoms with Gasteiger partial charge in [0.1, 0.15) is 0 Å². The maximum Gasteiger partial charge on any atom is 0.291 e. The van der Waals surface area contributed by atoms with E-state index in [2.05, 4.69) is 20.1 Å². The van der Waals surface area contributed by atoms with Crippen LogP contribution in [-0.2, 0) is 26.6 Å². The summed E-state index contributed by atoms with van der Waals surface area (Å²) in [6.07, 6.45) is 0.848. The number of benzene rings is 2. The monoisotopic (exact) mass is 620 g/mol. The number of fused-ring (bicyclic) bond motifs is 1. The fourth-order valence-corrected chi connectivity index (χ4v) is 6.49. The molecule has 0 radical (unpaired) electrons. The molecule has 1 amide bonds. The molecule has 2 aromatic heterocycles. The first-order chi connectivity index (χ1) is 20.8. The number of hydrogen-bond acceptors (Lipinski definition) is 7. The average molecular weight is 622 g/mol. The zero-order valence-electron chi connectivity index (χ0n) is 24.4. The van der Waals surface area contributed by atoms with Gasteiger partial charge in [-0.25, -0.2) is 9.97 Å². The third kappa shape index (κ3) is 5.75. The fraction of sp³-hybridized carbons (Fsp3) is 0.344. The van der Waals surface area contributed by atoms with Crippen LogP contribution in [0.4, 0.5) is 5.69 Å². The molecule has 2 N–H and O–H groups in total. The van der Waals surface area contributed by atoms with Gasteiger partial charge in [0.15, 0.2) is 5.82 Å². The molecule has 0 saturated carbocycles. The van der Waals surface area contributed by atoms with Crippen LogP contribution in [0.15, 0.2) is 48.5 Å². The van der Waals surface area contributed by atoms with Crippen LogP contribution < -0.4 is 10.1 Å². The number of aromatic nitrogens is 3. The zero-order chi connectivity index (χ0) is 30.2. The molecule has 9 nitrogen and oxygen atoms in total. The summed E-state index contributed by atoms with van der Waals surface area (Å²) >= 11 is 13.9. The molecule has 0 aliphatic carbocycles. The lowest BCUT2D eigenvalue weighted by Gasteiger charge is -2.38. The molecule has 11 heteroatoms. The number of methoxy groups -OCH3 is 1. The van der Waals surface area contributed by atoms with E-state index in [1.807, 2.05) is 61.1 Å². The van der Waals surface area contributed by atoms with Crippen molar-refractivity contribution >= 4 is 34.8 Å². The average Bonchev–Trinajstić information content (AvgIpc) is 3.31. The van der Waals surface area contributed by atoms with Gasteiger partial charge in [0.2, 0.25) is 5.88 Å². The number of rotatable bonds is 8. The van der Waals surface area contributed by atoms with Gasteiger partial charge in [-0.3, -0.25) is 9.69 Å². The topological polar surface area (TPSA) is 95.7 Å². The summed E-state index contributed by atoms with van der Waals surface area (Å²) in [5, 5.41) is 13.1. The van der Waals surface area contributed by atoms with Crippen molar-refractivity contribution in [1.82, 2.24) is 24.3 Å². The zero-order valence-corrected chi connectivity index (χ0v) is 25.9. The molecule has 0 atom stereocenters. The van der Waals surface area contributed by atoms with E-state index >= 15 is 0 Å². The van der Waals surface area contributed by atoms with Crippen molar-refractivity contribution in [2.75, 3.05) is 45.7 Å². The van der Waals surface area contributed by atoms with Gasteiger partial charge in [-0.2, -0.15) is 0 Å². The van der Waals surface area contributed by atoms with Gasteiger partial charge in [-0.1, -0.05) is 59.6 Å². The molecular weight excluding hydrogens is 587 g/mol. The minimum atomic E-state index is -0.319. The minimum Gasteiger partial charge on any atom is -0.481 e. The Morgan fingerprint density at radius 1 is 1.02 bits per heavy atom. The molecule has 4 aromatic rings. The number of pyridine rings is 1. The van der Waals surface area contributed by atoms with Crippen molar-refractivity contribution in [3.05, 3.63) is 81.4 Å². The first kappa shape index (κ1) is 29.6. The van der Waals surface area contributed by atoms with Crippen LogP contribution in [0.2, 0.25) is 10.0 Å². The molecule has 4 heterocycles. The second-order valence-corrected chi connectivity index (χ2v) is 12.0. The highest BCUT2D eigenvalue weighted by molar-refractivity contribution is 6.39. The highest BCUT2D eigenvalue weighted by Crippen LogP contribution is 2.41. The fourth-order valence-electron chi connectivity index (χ4n) is 5.89. The largest absolute Gasteiger partial charge is 0.481 e. The molecule has 43 heavy (non-hydrogen) atoms. The summed E-state index contributed by atoms with van der Waals surface area (Å²) in [6, 6.07) is 15.1. The molecular formula is C32H34Cl2N6O3. The molecule has 1 saturated heterocycles. The number of carbonyl (C=O) groups excluding carboxylic acids is 1. The molecule has 1 fully saturated rings. The number of likely N-dealkylation sites (tertiary alicyclic amines) is 1. The summed E-state index contributed by atoms with van der Waals surface area (Å²) in [5.41, 5.74) is 6.28. The number of nitrogens with one attached hydrogen (secondary N) is 1. The highest BCUT2D eigenvalue weighted by Gasteiger charge is 2.27. The van der Waals surface area contributed by atoms with Gasteiger partial charge in [0.25, 0.3) is 5.91 Å². The number of aliphatic hydroxyl groups excluding tert-OH is 1. The van der Waals surface area contributed by atoms with E-state index < -0.39 is 0 Å². The molecule has 224 valence electrons. The first-order valence-corrected chi connectivity index (χ1v) is 15.0. The number of carbonyl (C=O) groups is 1. The maximum atomic E-state index is 13.3. The van der Waals surface area contributed by atoms with E-state index in [1.54, 1.807) is 13.2 Å². The number of imidazole rings is 1. The van der Waals surface area contributed by atoms with Gasteiger partial charge < -0.3 is 24.6 Å². The summed E-state index contributed by atoms with van der Waals surface area (Å²) in [6.45, 7) is 4.27. The number of ether oxygens (including phenoxy) is 1. The Hall–Kier alpha value is -3.47. The Bertz CT molecular complexity index is 1680. The van der Waals surface area contributed by atoms with Crippen LogP contribution in [0.3, 0.4) is 0 Å². The van der Waals surface area contributed by atoms with E-state index in [9.17, 15) is 9.90 Å². The SMILES string of the molecule is COc1nc(-c2cccc(-c3cccc(NC(=O)c4nc5c(n4C)CCN(C)C5)c3Cl)c2Cl)ccc1CN1CC(CO)C1. The Balaban J connectivity index is 1.26. The van der Waals surface area contributed by atoms with Crippen LogP contribution in [0.1, 0.15) is 27.6 Å². The van der Waals surface area contributed by atoms with Gasteiger partial charge in [0.05, 0.1) is 34.2 Å². The highest BCUT2D eigenvalue weighted by atomic mass is 35.5. The Labute approximate surface area is 261 Å². The van der Waals surface area contributed by atoms with Crippen molar-refractivity contribution < 1.29 is 14.6 Å². The summed E-state index contributed by atoms with van der Waals surface area (Å²) in [5.74, 6) is 0.908. The normalized spacial score (nSPS) is 15.7. The van der Waals surface area contributed by atoms with E-state index in [0.29, 0.717) is 57.7 Å². The lowest BCUT2D eigenvalue weighted by atomic mass is 9.99. The Morgan fingerprint density at radius 2 is 1.74 bits per heavy atom. The van der Waals surface area contributed by atoms with E-state index in [4.69, 9.17) is 32.9 Å². The quantitative estimate of drug-likeness (QED) is 0.282. The second kappa shape index (κ2) is 12.3. The van der Waals surface area contributed by atoms with Gasteiger partial charge in [0, 0.05) is 86.7 Å². The van der Waals surface area contributed by atoms with E-state index in [-0.39, 0.29) is 12.5 Å². The first-order valence-electron chi connectivity index (χ1n) is 14.3. The standard InChI is InChI=1S/C32H34Cl2N6O3/c1-38-13-12-27-26(17-38)35-30(39(27)2)31(42)36-25-9-5-7-22(29(25)34)21-6-4-8-23(28(21)33)24-11-10-20(32(37-24)43-3)16-40-14-19(15-40)18-41/h4-11,19,41H,12-18H2,1-3H3,(H,36,42). The van der Waals surface area contributed by atoms with Crippen molar-refractivity contribution in [3.8, 4) is 28.3 Å². The molecule has 0 spiro atoms. The molecule has 2 aliphatic heterocycles. The van der Waals surface area contributed by atoms with Crippen LogP contribution in [-0.4, -0.2) is 75.7 Å². The van der Waals surface area contributed by atoms with Crippen LogP contribution in [0, 0.1) is 5.92 Å². The Morgan fingerprint density at radius 3 is 2.49 bits per heavy atom. The molecule has 2 aliphatic rings. The smallest absolute Gasteiger partial charge is 0.291 e. The molecule has 0 unspecified atom stereocenters. The number of nitrogens with zero attached hydrogens (tertiary/aromatic N) is 5. The third-order valence-electron chi connectivity index (χ3n) is 8.28. The number of hydrogen-bond donors (Lipinski definition) is 2. The van der Waals surface area contributed by atoms with Crippen LogP contribution in [0.25, 0.3) is 22.4 Å². The molecule has 6 rings (SSSR count). The summed E-state index contributed by atoms with van der Waals surface area (Å²) in [7, 11) is 5.54. The number of likely N-dealkylation sites (N-methyl/N-ethyl adjacent to an activating group) is 1. The molecule has 0 bridgehead atoms. The van der Waals surface area contributed by atoms with Crippen molar-refractivity contribution in [3.63, 3.8) is 0 Å². The lowest BCUT2D eigenvalue weighted by molar-refractivity contribution is 0.0472. The van der Waals surface area contributed by atoms with Crippen LogP contribution in [0.5, 0.6) is 5.88 Å². The van der Waals surface area contributed by atoms with Crippen molar-refractivity contribution in [2.45, 2.75) is 19.5 Å². The molecule has 2 aromatic carbocycles. The van der Waals surface area contributed by atoms with Crippen LogP contribution >= 0.6 is 23.2 Å². The van der Waals surface area contributed by atoms with Crippen molar-refractivity contribution in [1.29, 1.82) is 0 Å². The predicted molar refractivity (Wildman–Crippen MR) is 169 cm³/mol. The van der Waals surface area contributed by atoms with Crippen molar-refractivity contribution in [2.24, 2.45) is 13.0 Å². The summed E-state index contributed by atoms with van der Waals surface area (Å²) in [4.78, 5) is 27.2. The third-order valence-corrected chi connectivity index (χ3v) is 9.09. The number of amides is 1. The number of anilines is 1. The number of aliphatic hydroxyl groups is 1. The van der Waals surface area contributed by atoms with E-state index in [0.717, 1.165) is 54.1 Å². The maximum absolute atomic E-state index is 13.3. The predicted octanol–water partition coefficient (Wildman–Crippen LogP) is 5.13. The van der Waals surface area contributed by atoms with Gasteiger partial charge >= 0.3 is 0 Å². The lowest BCUT2D eigenvalue weighted by Crippen LogP contribution is -2.47. The van der Waals surface area contributed by atoms with Gasteiger partial charge in [-0.15, -0.1) is 0 Å². The minimum absolute atomic E-state index is 0.211. The number of halogens is 2.